The number of aryl methyl sites for hydroxylation is 1. The first-order valence-corrected chi connectivity index (χ1v) is 7.63. The number of aromatic nitrogens is 1. The maximum Gasteiger partial charge on any atom is 0.251 e. The number of phenols is 1. The number of primary amides is 1. The topological polar surface area (TPSA) is 68.2 Å². The second-order valence-electron chi connectivity index (χ2n) is 5.70. The van der Waals surface area contributed by atoms with Crippen molar-refractivity contribution in [1.29, 1.82) is 0 Å². The highest BCUT2D eigenvalue weighted by Gasteiger charge is 2.19. The van der Waals surface area contributed by atoms with Crippen molar-refractivity contribution in [1.82, 2.24) is 4.57 Å². The van der Waals surface area contributed by atoms with Crippen LogP contribution >= 0.6 is 11.6 Å². The molecule has 0 unspecified atom stereocenters. The van der Waals surface area contributed by atoms with Crippen LogP contribution in [0.4, 0.5) is 0 Å². The zero-order valence-electron chi connectivity index (χ0n) is 12.9. The largest absolute Gasteiger partial charge is 0.508 e. The second-order valence-corrected chi connectivity index (χ2v) is 6.13. The predicted molar refractivity (Wildman–Crippen MR) is 92.1 cm³/mol. The monoisotopic (exact) mass is 328 g/mol. The van der Waals surface area contributed by atoms with E-state index in [9.17, 15) is 9.90 Å². The normalized spacial score (nSPS) is 11.1. The van der Waals surface area contributed by atoms with Gasteiger partial charge in [0.2, 0.25) is 0 Å². The minimum absolute atomic E-state index is 0.153. The van der Waals surface area contributed by atoms with E-state index < -0.39 is 5.91 Å². The summed E-state index contributed by atoms with van der Waals surface area (Å²) in [6, 6.07) is 11.1. The Balaban J connectivity index is 2.25. The minimum Gasteiger partial charge on any atom is -0.508 e. The van der Waals surface area contributed by atoms with Crippen LogP contribution in [0.1, 0.15) is 27.2 Å². The van der Waals surface area contributed by atoms with E-state index in [1.54, 1.807) is 6.07 Å². The van der Waals surface area contributed by atoms with Crippen molar-refractivity contribution in [2.45, 2.75) is 20.4 Å². The zero-order valence-corrected chi connectivity index (χ0v) is 13.7. The summed E-state index contributed by atoms with van der Waals surface area (Å²) < 4.78 is 2.02. The van der Waals surface area contributed by atoms with Gasteiger partial charge in [-0.15, -0.1) is 0 Å². The molecule has 0 saturated carbocycles. The Bertz CT molecular complexity index is 928. The van der Waals surface area contributed by atoms with E-state index in [2.05, 4.69) is 0 Å². The van der Waals surface area contributed by atoms with Crippen LogP contribution in [0.3, 0.4) is 0 Å². The minimum atomic E-state index is -0.499. The Labute approximate surface area is 139 Å². The van der Waals surface area contributed by atoms with Crippen LogP contribution in [-0.4, -0.2) is 15.6 Å². The summed E-state index contributed by atoms with van der Waals surface area (Å²) in [5, 5.41) is 11.3. The van der Waals surface area contributed by atoms with Gasteiger partial charge in [0.05, 0.1) is 5.56 Å². The predicted octanol–water partition coefficient (Wildman–Crippen LogP) is 3.76. The molecule has 1 heterocycles. The van der Waals surface area contributed by atoms with E-state index in [1.165, 1.54) is 0 Å². The zero-order chi connectivity index (χ0) is 16.7. The molecule has 0 aliphatic carbocycles. The number of fused-ring (bicyclic) bond motifs is 1. The van der Waals surface area contributed by atoms with E-state index in [0.29, 0.717) is 22.5 Å². The Morgan fingerprint density at radius 1 is 1.26 bits per heavy atom. The fourth-order valence-electron chi connectivity index (χ4n) is 2.95. The summed E-state index contributed by atoms with van der Waals surface area (Å²) in [6.07, 6.45) is 0. The van der Waals surface area contributed by atoms with E-state index in [4.69, 9.17) is 17.3 Å². The molecular formula is C18H17ClN2O2. The maximum atomic E-state index is 11.9. The molecule has 0 aliphatic rings. The number of nitrogens with two attached hydrogens (primary N) is 1. The smallest absolute Gasteiger partial charge is 0.251 e. The first-order chi connectivity index (χ1) is 10.9. The van der Waals surface area contributed by atoms with Gasteiger partial charge >= 0.3 is 0 Å². The molecular weight excluding hydrogens is 312 g/mol. The molecule has 3 rings (SSSR count). The van der Waals surface area contributed by atoms with Gasteiger partial charge in [-0.2, -0.15) is 0 Å². The quantitative estimate of drug-likeness (QED) is 0.768. The summed E-state index contributed by atoms with van der Waals surface area (Å²) in [6.45, 7) is 4.25. The Morgan fingerprint density at radius 2 is 2.00 bits per heavy atom. The second kappa shape index (κ2) is 5.63. The van der Waals surface area contributed by atoms with Crippen molar-refractivity contribution < 1.29 is 9.90 Å². The van der Waals surface area contributed by atoms with E-state index in [1.807, 2.05) is 48.7 Å². The fourth-order valence-corrected chi connectivity index (χ4v) is 3.16. The first kappa shape index (κ1) is 15.4. The van der Waals surface area contributed by atoms with Crippen molar-refractivity contribution in [3.05, 3.63) is 63.8 Å². The number of carbonyl (C=O) groups is 1. The highest BCUT2D eigenvalue weighted by atomic mass is 35.5. The number of benzene rings is 2. The number of rotatable bonds is 3. The Hall–Kier alpha value is -2.46. The lowest BCUT2D eigenvalue weighted by atomic mass is 10.1. The van der Waals surface area contributed by atoms with Crippen molar-refractivity contribution in [2.24, 2.45) is 5.73 Å². The lowest BCUT2D eigenvalue weighted by molar-refractivity contribution is 0.100. The van der Waals surface area contributed by atoms with E-state index >= 15 is 0 Å². The van der Waals surface area contributed by atoms with Gasteiger partial charge in [-0.1, -0.05) is 23.7 Å². The van der Waals surface area contributed by atoms with Crippen molar-refractivity contribution in [3.8, 4) is 5.75 Å². The molecule has 0 bridgehead atoms. The number of hydrogen-bond acceptors (Lipinski definition) is 2. The molecule has 0 radical (unpaired) electrons. The van der Waals surface area contributed by atoms with Crippen LogP contribution in [0.5, 0.6) is 5.75 Å². The molecule has 0 saturated heterocycles. The molecule has 0 atom stereocenters. The van der Waals surface area contributed by atoms with Gasteiger partial charge in [-0.3, -0.25) is 4.79 Å². The Morgan fingerprint density at radius 3 is 2.65 bits per heavy atom. The van der Waals surface area contributed by atoms with Gasteiger partial charge in [0.25, 0.3) is 5.91 Å². The van der Waals surface area contributed by atoms with Gasteiger partial charge in [0, 0.05) is 28.2 Å². The van der Waals surface area contributed by atoms with Gasteiger partial charge in [-0.05, 0) is 49.2 Å². The number of nitrogens with zero attached hydrogens (tertiary/aromatic N) is 1. The average Bonchev–Trinajstić information content (AvgIpc) is 2.72. The molecule has 1 amide bonds. The molecule has 118 valence electrons. The molecule has 0 spiro atoms. The van der Waals surface area contributed by atoms with Crippen molar-refractivity contribution >= 4 is 28.4 Å². The molecule has 23 heavy (non-hydrogen) atoms. The standard InChI is InChI=1S/C18H17ClN2O2/c1-10-6-15-14(8-16(10)22)17(18(20)23)11(2)21(15)9-12-4-3-5-13(19)7-12/h3-8,22H,9H2,1-2H3,(H2,20,23). The number of phenolic OH excluding ortho intramolecular Hbond substituents is 1. The highest BCUT2D eigenvalue weighted by molar-refractivity contribution is 6.30. The number of carbonyl (C=O) groups excluding carboxylic acids is 1. The van der Waals surface area contributed by atoms with Crippen LogP contribution in [0, 0.1) is 13.8 Å². The van der Waals surface area contributed by atoms with Crippen LogP contribution in [0.25, 0.3) is 10.9 Å². The third kappa shape index (κ3) is 2.66. The summed E-state index contributed by atoms with van der Waals surface area (Å²) in [5.41, 5.74) is 9.40. The van der Waals surface area contributed by atoms with E-state index in [-0.39, 0.29) is 5.75 Å². The molecule has 3 N–H and O–H groups in total. The third-order valence-electron chi connectivity index (χ3n) is 4.12. The van der Waals surface area contributed by atoms with Gasteiger partial charge in [0.15, 0.2) is 0 Å². The molecule has 3 aromatic rings. The molecule has 1 aromatic heterocycles. The van der Waals surface area contributed by atoms with Gasteiger partial charge in [0.1, 0.15) is 5.75 Å². The fraction of sp³-hybridized carbons (Fsp3) is 0.167. The van der Waals surface area contributed by atoms with E-state index in [0.717, 1.165) is 22.3 Å². The first-order valence-electron chi connectivity index (χ1n) is 7.25. The van der Waals surface area contributed by atoms with Crippen LogP contribution in [0.15, 0.2) is 36.4 Å². The maximum absolute atomic E-state index is 11.9. The summed E-state index contributed by atoms with van der Waals surface area (Å²) in [5.74, 6) is -0.347. The van der Waals surface area contributed by atoms with Crippen molar-refractivity contribution in [3.63, 3.8) is 0 Å². The number of amides is 1. The number of halogens is 1. The summed E-state index contributed by atoms with van der Waals surface area (Å²) >= 11 is 6.05. The molecule has 2 aromatic carbocycles. The highest BCUT2D eigenvalue weighted by Crippen LogP contribution is 2.32. The molecule has 0 fully saturated rings. The lowest BCUT2D eigenvalue weighted by Crippen LogP contribution is -2.13. The van der Waals surface area contributed by atoms with Crippen LogP contribution in [0.2, 0.25) is 5.02 Å². The van der Waals surface area contributed by atoms with Crippen molar-refractivity contribution in [2.75, 3.05) is 0 Å². The molecule has 4 nitrogen and oxygen atoms in total. The van der Waals surface area contributed by atoms with Crippen LogP contribution in [-0.2, 0) is 6.54 Å². The van der Waals surface area contributed by atoms with Crippen LogP contribution < -0.4 is 5.73 Å². The lowest BCUT2D eigenvalue weighted by Gasteiger charge is -2.10. The SMILES string of the molecule is Cc1cc2c(cc1O)c(C(N)=O)c(C)n2Cc1cccc(Cl)c1. The average molecular weight is 329 g/mol. The summed E-state index contributed by atoms with van der Waals surface area (Å²) in [7, 11) is 0. The third-order valence-corrected chi connectivity index (χ3v) is 4.35. The summed E-state index contributed by atoms with van der Waals surface area (Å²) in [4.78, 5) is 11.9. The Kier molecular flexibility index (Phi) is 3.78. The molecule has 0 aliphatic heterocycles. The molecule has 5 heteroatoms. The number of hydrogen-bond donors (Lipinski definition) is 2. The van der Waals surface area contributed by atoms with Gasteiger partial charge < -0.3 is 15.4 Å². The number of aromatic hydroxyl groups is 1. The van der Waals surface area contributed by atoms with Gasteiger partial charge in [-0.25, -0.2) is 0 Å².